The van der Waals surface area contributed by atoms with Crippen molar-refractivity contribution in [2.24, 2.45) is 5.92 Å². The van der Waals surface area contributed by atoms with Crippen molar-refractivity contribution in [2.75, 3.05) is 11.9 Å². The normalized spacial score (nSPS) is 20.4. The smallest absolute Gasteiger partial charge is 0.369 e. The van der Waals surface area contributed by atoms with E-state index in [-0.39, 0.29) is 5.92 Å². The van der Waals surface area contributed by atoms with Crippen LogP contribution in [0.2, 0.25) is 0 Å². The largest absolute Gasteiger partial charge is 0.389 e. The third-order valence-corrected chi connectivity index (χ3v) is 4.90. The Labute approximate surface area is 152 Å². The van der Waals surface area contributed by atoms with E-state index in [1.165, 1.54) is 4.90 Å². The number of rotatable bonds is 5. The predicted molar refractivity (Wildman–Crippen MR) is 86.2 cm³/mol. The van der Waals surface area contributed by atoms with E-state index in [1.807, 2.05) is 0 Å². The number of anilines is 1. The Morgan fingerprint density at radius 2 is 1.89 bits per heavy atom. The van der Waals surface area contributed by atoms with Crippen molar-refractivity contribution in [3.05, 3.63) is 41.4 Å². The van der Waals surface area contributed by atoms with Gasteiger partial charge in [-0.1, -0.05) is 0 Å². The molecule has 1 fully saturated rings. The van der Waals surface area contributed by atoms with Gasteiger partial charge in [-0.05, 0) is 37.2 Å². The fraction of sp³-hybridized carbons (Fsp3) is 0.500. The Morgan fingerprint density at radius 1 is 1.22 bits per heavy atom. The molecule has 0 radical (unpaired) electrons. The van der Waals surface area contributed by atoms with Gasteiger partial charge in [0.2, 0.25) is 5.91 Å². The number of carbonyl (C=O) groups is 1. The summed E-state index contributed by atoms with van der Waals surface area (Å²) in [5, 5.41) is 2.22. The predicted octanol–water partition coefficient (Wildman–Crippen LogP) is 4.75. The van der Waals surface area contributed by atoms with Crippen LogP contribution >= 0.6 is 0 Å². The van der Waals surface area contributed by atoms with Crippen LogP contribution in [0.3, 0.4) is 0 Å². The highest BCUT2D eigenvalue weighted by Gasteiger charge is 2.36. The van der Waals surface area contributed by atoms with Gasteiger partial charge in [0.05, 0.1) is 0 Å². The molecule has 3 rings (SSSR count). The first-order chi connectivity index (χ1) is 12.6. The molecular formula is C18H18F6N2O. The second-order valence-corrected chi connectivity index (χ2v) is 6.88. The second kappa shape index (κ2) is 7.44. The van der Waals surface area contributed by atoms with Crippen molar-refractivity contribution < 1.29 is 31.1 Å². The van der Waals surface area contributed by atoms with E-state index in [0.717, 1.165) is 24.8 Å². The Bertz CT molecular complexity index is 738. The minimum Gasteiger partial charge on any atom is -0.369 e. The van der Waals surface area contributed by atoms with Crippen LogP contribution in [0.1, 0.15) is 32.1 Å². The van der Waals surface area contributed by atoms with E-state index >= 15 is 0 Å². The van der Waals surface area contributed by atoms with Gasteiger partial charge in [0.1, 0.15) is 17.5 Å². The monoisotopic (exact) mass is 392 g/mol. The lowest BCUT2D eigenvalue weighted by molar-refractivity contribution is -0.140. The van der Waals surface area contributed by atoms with Crippen molar-refractivity contribution in [1.82, 2.24) is 4.90 Å². The molecule has 1 N–H and O–H groups in total. The summed E-state index contributed by atoms with van der Waals surface area (Å²) < 4.78 is 78.7. The van der Waals surface area contributed by atoms with Crippen molar-refractivity contribution in [3.63, 3.8) is 0 Å². The summed E-state index contributed by atoms with van der Waals surface area (Å²) in [4.78, 5) is 14.0. The SMILES string of the molecule is O=C([C@@H](CCC(F)(F)F)Nc1c(F)cc(F)cc1F)N1C=C2CCC[C@H]2C1. The summed E-state index contributed by atoms with van der Waals surface area (Å²) in [7, 11) is 0. The minimum absolute atomic E-state index is 0.191. The molecule has 1 amide bonds. The molecule has 0 aromatic heterocycles. The van der Waals surface area contributed by atoms with Gasteiger partial charge in [-0.2, -0.15) is 13.2 Å². The third-order valence-electron chi connectivity index (χ3n) is 4.90. The van der Waals surface area contributed by atoms with Crippen LogP contribution < -0.4 is 5.32 Å². The molecule has 1 heterocycles. The van der Waals surface area contributed by atoms with Gasteiger partial charge >= 0.3 is 6.18 Å². The first-order valence-corrected chi connectivity index (χ1v) is 8.63. The van der Waals surface area contributed by atoms with Crippen molar-refractivity contribution in [3.8, 4) is 0 Å². The quantitative estimate of drug-likeness (QED) is 0.734. The lowest BCUT2D eigenvalue weighted by Gasteiger charge is -2.25. The first kappa shape index (κ1) is 19.6. The summed E-state index contributed by atoms with van der Waals surface area (Å²) in [5.74, 6) is -4.28. The van der Waals surface area contributed by atoms with E-state index in [0.29, 0.717) is 18.7 Å². The molecule has 1 saturated carbocycles. The van der Waals surface area contributed by atoms with E-state index < -0.39 is 54.1 Å². The van der Waals surface area contributed by atoms with Crippen LogP contribution in [-0.4, -0.2) is 29.6 Å². The number of carbonyl (C=O) groups excluding carboxylic acids is 1. The summed E-state index contributed by atoms with van der Waals surface area (Å²) in [6.45, 7) is 0.354. The average Bonchev–Trinajstić information content (AvgIpc) is 3.13. The Balaban J connectivity index is 1.81. The zero-order valence-electron chi connectivity index (χ0n) is 14.3. The number of hydrogen-bond donors (Lipinski definition) is 1. The Kier molecular flexibility index (Phi) is 5.39. The molecule has 1 aliphatic heterocycles. The summed E-state index contributed by atoms with van der Waals surface area (Å²) >= 11 is 0. The summed E-state index contributed by atoms with van der Waals surface area (Å²) in [5.41, 5.74) is 0.251. The zero-order valence-corrected chi connectivity index (χ0v) is 14.3. The van der Waals surface area contributed by atoms with Crippen LogP contribution in [0, 0.1) is 23.4 Å². The van der Waals surface area contributed by atoms with Crippen molar-refractivity contribution in [2.45, 2.75) is 44.3 Å². The number of amides is 1. The Hall–Kier alpha value is -2.19. The van der Waals surface area contributed by atoms with E-state index in [2.05, 4.69) is 5.32 Å². The first-order valence-electron chi connectivity index (χ1n) is 8.63. The fourth-order valence-electron chi connectivity index (χ4n) is 3.58. The maximum atomic E-state index is 13.9. The molecule has 0 unspecified atom stereocenters. The molecule has 2 atom stereocenters. The molecule has 1 aromatic rings. The number of benzene rings is 1. The third kappa shape index (κ3) is 4.56. The molecule has 0 saturated heterocycles. The highest BCUT2D eigenvalue weighted by Crippen LogP contribution is 2.37. The lowest BCUT2D eigenvalue weighted by atomic mass is 10.1. The number of alkyl halides is 3. The van der Waals surface area contributed by atoms with Gasteiger partial charge in [0.15, 0.2) is 11.6 Å². The van der Waals surface area contributed by atoms with Crippen molar-refractivity contribution in [1.29, 1.82) is 0 Å². The molecule has 1 aromatic carbocycles. The highest BCUT2D eigenvalue weighted by atomic mass is 19.4. The summed E-state index contributed by atoms with van der Waals surface area (Å²) in [6.07, 6.45) is -2.16. The van der Waals surface area contributed by atoms with E-state index in [4.69, 9.17) is 0 Å². The molecule has 2 aliphatic rings. The van der Waals surface area contributed by atoms with Gasteiger partial charge in [0.25, 0.3) is 0 Å². The van der Waals surface area contributed by atoms with Gasteiger partial charge < -0.3 is 10.2 Å². The molecule has 1 aliphatic carbocycles. The molecule has 9 heteroatoms. The van der Waals surface area contributed by atoms with Crippen molar-refractivity contribution >= 4 is 11.6 Å². The molecule has 27 heavy (non-hydrogen) atoms. The number of nitrogens with zero attached hydrogens (tertiary/aromatic N) is 1. The molecule has 3 nitrogen and oxygen atoms in total. The zero-order chi connectivity index (χ0) is 19.8. The van der Waals surface area contributed by atoms with Gasteiger partial charge in [-0.15, -0.1) is 0 Å². The fourth-order valence-corrected chi connectivity index (χ4v) is 3.58. The minimum atomic E-state index is -4.53. The highest BCUT2D eigenvalue weighted by molar-refractivity contribution is 5.86. The summed E-state index contributed by atoms with van der Waals surface area (Å²) in [6, 6.07) is -0.686. The molecular weight excluding hydrogens is 374 g/mol. The van der Waals surface area contributed by atoms with Crippen LogP contribution in [0.5, 0.6) is 0 Å². The number of fused-ring (bicyclic) bond motifs is 1. The number of nitrogens with one attached hydrogen (secondary N) is 1. The lowest BCUT2D eigenvalue weighted by Crippen LogP contribution is -2.41. The van der Waals surface area contributed by atoms with Crippen LogP contribution in [0.15, 0.2) is 23.9 Å². The van der Waals surface area contributed by atoms with Crippen LogP contribution in [-0.2, 0) is 4.79 Å². The van der Waals surface area contributed by atoms with E-state index in [1.54, 1.807) is 6.20 Å². The number of halogens is 6. The topological polar surface area (TPSA) is 32.3 Å². The molecule has 0 bridgehead atoms. The van der Waals surface area contributed by atoms with Gasteiger partial charge in [-0.25, -0.2) is 13.2 Å². The average molecular weight is 392 g/mol. The van der Waals surface area contributed by atoms with Gasteiger partial charge in [-0.3, -0.25) is 4.79 Å². The van der Waals surface area contributed by atoms with Crippen LogP contribution in [0.4, 0.5) is 32.0 Å². The molecule has 148 valence electrons. The van der Waals surface area contributed by atoms with E-state index in [9.17, 15) is 31.1 Å². The second-order valence-electron chi connectivity index (χ2n) is 6.88. The maximum absolute atomic E-state index is 13.9. The Morgan fingerprint density at radius 3 is 2.48 bits per heavy atom. The maximum Gasteiger partial charge on any atom is 0.389 e. The molecule has 0 spiro atoms. The van der Waals surface area contributed by atoms with Gasteiger partial charge in [0, 0.05) is 31.3 Å². The number of hydrogen-bond acceptors (Lipinski definition) is 2. The van der Waals surface area contributed by atoms with Crippen LogP contribution in [0.25, 0.3) is 0 Å². The standard InChI is InChI=1S/C18H18F6N2O/c19-12-6-13(20)16(14(21)7-12)25-15(4-5-18(22,23)24)17(27)26-8-10-2-1-3-11(10)9-26/h6-8,11,15,25H,1-5,9H2/t11-,15+/m0/s1.